The molecule has 0 saturated carbocycles. The van der Waals surface area contributed by atoms with Crippen molar-refractivity contribution in [3.05, 3.63) is 41.1 Å². The number of urea groups is 1. The van der Waals surface area contributed by atoms with Gasteiger partial charge in [0, 0.05) is 43.6 Å². The van der Waals surface area contributed by atoms with Crippen LogP contribution < -0.4 is 15.0 Å². The maximum absolute atomic E-state index is 12.6. The molecular weight excluding hydrogens is 344 g/mol. The Morgan fingerprint density at radius 3 is 2.44 bits per heavy atom. The molecule has 0 bridgehead atoms. The smallest absolute Gasteiger partial charge is 0.322 e. The highest BCUT2D eigenvalue weighted by molar-refractivity contribution is 5.91. The highest BCUT2D eigenvalue weighted by Gasteiger charge is 2.23. The summed E-state index contributed by atoms with van der Waals surface area (Å²) < 4.78 is 5.29. The van der Waals surface area contributed by atoms with Gasteiger partial charge in [0.1, 0.15) is 11.4 Å². The highest BCUT2D eigenvalue weighted by Crippen LogP contribution is 2.26. The molecule has 27 heavy (non-hydrogen) atoms. The standard InChI is InChI=1S/C20H26N4O3/c1-13-5-6-16(12-18(13)25)23-7-9-24(10-8-23)20(26)22-17-11-14(2)15(3)21-19(17)27-4/h5-6,11-12,25H,7-10H2,1-4H3,(H,22,26). The van der Waals surface area contributed by atoms with Crippen LogP contribution in [0.3, 0.4) is 0 Å². The number of nitrogens with one attached hydrogen (secondary N) is 1. The number of hydrogen-bond acceptors (Lipinski definition) is 5. The summed E-state index contributed by atoms with van der Waals surface area (Å²) in [6, 6.07) is 7.39. The van der Waals surface area contributed by atoms with Crippen molar-refractivity contribution in [2.24, 2.45) is 0 Å². The number of methoxy groups -OCH3 is 1. The lowest BCUT2D eigenvalue weighted by Gasteiger charge is -2.36. The second kappa shape index (κ2) is 7.73. The quantitative estimate of drug-likeness (QED) is 0.868. The summed E-state index contributed by atoms with van der Waals surface area (Å²) in [6.45, 7) is 8.34. The first kappa shape index (κ1) is 18.8. The van der Waals surface area contributed by atoms with E-state index in [1.807, 2.05) is 39.0 Å². The van der Waals surface area contributed by atoms with Crippen LogP contribution in [-0.2, 0) is 0 Å². The monoisotopic (exact) mass is 370 g/mol. The normalized spacial score (nSPS) is 14.2. The zero-order chi connectivity index (χ0) is 19.6. The number of phenolic OH excluding ortho intramolecular Hbond substituents is 1. The third-order valence-corrected chi connectivity index (χ3v) is 4.99. The van der Waals surface area contributed by atoms with E-state index in [2.05, 4.69) is 15.2 Å². The first-order chi connectivity index (χ1) is 12.9. The van der Waals surface area contributed by atoms with Gasteiger partial charge in [-0.25, -0.2) is 9.78 Å². The first-order valence-electron chi connectivity index (χ1n) is 9.01. The second-order valence-electron chi connectivity index (χ2n) is 6.82. The Balaban J connectivity index is 1.63. The van der Waals surface area contributed by atoms with Gasteiger partial charge >= 0.3 is 6.03 Å². The van der Waals surface area contributed by atoms with Gasteiger partial charge in [-0.05, 0) is 44.0 Å². The number of rotatable bonds is 3. The Kier molecular flexibility index (Phi) is 5.39. The van der Waals surface area contributed by atoms with Crippen LogP contribution in [-0.4, -0.2) is 54.3 Å². The summed E-state index contributed by atoms with van der Waals surface area (Å²) in [4.78, 5) is 21.0. The second-order valence-corrected chi connectivity index (χ2v) is 6.82. The number of phenols is 1. The molecule has 1 fully saturated rings. The number of hydrogen-bond donors (Lipinski definition) is 2. The maximum atomic E-state index is 12.6. The molecule has 0 atom stereocenters. The predicted octanol–water partition coefficient (Wildman–Crippen LogP) is 3.08. The highest BCUT2D eigenvalue weighted by atomic mass is 16.5. The van der Waals surface area contributed by atoms with E-state index in [-0.39, 0.29) is 6.03 Å². The number of aryl methyl sites for hydroxylation is 3. The molecule has 0 unspecified atom stereocenters. The number of benzene rings is 1. The minimum absolute atomic E-state index is 0.162. The molecule has 0 radical (unpaired) electrons. The minimum Gasteiger partial charge on any atom is -0.508 e. The van der Waals surface area contributed by atoms with Crippen molar-refractivity contribution >= 4 is 17.4 Å². The van der Waals surface area contributed by atoms with E-state index in [1.165, 1.54) is 0 Å². The zero-order valence-corrected chi connectivity index (χ0v) is 16.2. The van der Waals surface area contributed by atoms with Gasteiger partial charge in [0.15, 0.2) is 0 Å². The van der Waals surface area contributed by atoms with Crippen molar-refractivity contribution in [3.63, 3.8) is 0 Å². The fourth-order valence-electron chi connectivity index (χ4n) is 3.09. The number of piperazine rings is 1. The summed E-state index contributed by atoms with van der Waals surface area (Å²) in [5.41, 5.74) is 4.28. The van der Waals surface area contributed by atoms with Crippen LogP contribution >= 0.6 is 0 Å². The molecule has 7 nitrogen and oxygen atoms in total. The average molecular weight is 370 g/mol. The fourth-order valence-corrected chi connectivity index (χ4v) is 3.09. The number of amides is 2. The van der Waals surface area contributed by atoms with Crippen molar-refractivity contribution in [1.82, 2.24) is 9.88 Å². The van der Waals surface area contributed by atoms with Crippen LogP contribution in [0, 0.1) is 20.8 Å². The largest absolute Gasteiger partial charge is 0.508 e. The van der Waals surface area contributed by atoms with Crippen LogP contribution in [0.15, 0.2) is 24.3 Å². The molecule has 1 aromatic heterocycles. The van der Waals surface area contributed by atoms with Crippen molar-refractivity contribution in [2.75, 3.05) is 43.5 Å². The molecule has 1 saturated heterocycles. The lowest BCUT2D eigenvalue weighted by atomic mass is 10.2. The molecule has 2 N–H and O–H groups in total. The molecule has 2 heterocycles. The van der Waals surface area contributed by atoms with Gasteiger partial charge in [0.2, 0.25) is 5.88 Å². The van der Waals surface area contributed by atoms with E-state index in [0.717, 1.165) is 22.5 Å². The SMILES string of the molecule is COc1nc(C)c(C)cc1NC(=O)N1CCN(c2ccc(C)c(O)c2)CC1. The number of carbonyl (C=O) groups is 1. The van der Waals surface area contributed by atoms with Gasteiger partial charge in [0.05, 0.1) is 7.11 Å². The number of anilines is 2. The van der Waals surface area contributed by atoms with Gasteiger partial charge in [-0.2, -0.15) is 0 Å². The predicted molar refractivity (Wildman–Crippen MR) is 106 cm³/mol. The number of nitrogens with zero attached hydrogens (tertiary/aromatic N) is 3. The molecule has 0 spiro atoms. The molecule has 1 aliphatic heterocycles. The van der Waals surface area contributed by atoms with Crippen molar-refractivity contribution in [2.45, 2.75) is 20.8 Å². The van der Waals surface area contributed by atoms with Crippen LogP contribution in [0.2, 0.25) is 0 Å². The molecule has 1 aromatic carbocycles. The van der Waals surface area contributed by atoms with Gasteiger partial charge in [-0.3, -0.25) is 0 Å². The number of ether oxygens (including phenoxy) is 1. The Bertz CT molecular complexity index is 845. The van der Waals surface area contributed by atoms with Gasteiger partial charge in [0.25, 0.3) is 0 Å². The summed E-state index contributed by atoms with van der Waals surface area (Å²) in [7, 11) is 1.54. The fraction of sp³-hybridized carbons (Fsp3) is 0.400. The van der Waals surface area contributed by atoms with E-state index in [1.54, 1.807) is 18.1 Å². The minimum atomic E-state index is -0.162. The Labute approximate surface area is 159 Å². The summed E-state index contributed by atoms with van der Waals surface area (Å²) in [5, 5.41) is 12.8. The van der Waals surface area contributed by atoms with Crippen LogP contribution in [0.1, 0.15) is 16.8 Å². The molecule has 144 valence electrons. The first-order valence-corrected chi connectivity index (χ1v) is 9.01. The van der Waals surface area contributed by atoms with E-state index >= 15 is 0 Å². The summed E-state index contributed by atoms with van der Waals surface area (Å²) in [6.07, 6.45) is 0. The lowest BCUT2D eigenvalue weighted by Crippen LogP contribution is -2.50. The Morgan fingerprint density at radius 2 is 1.81 bits per heavy atom. The number of aromatic hydroxyl groups is 1. The lowest BCUT2D eigenvalue weighted by molar-refractivity contribution is 0.208. The topological polar surface area (TPSA) is 77.9 Å². The number of pyridine rings is 1. The third kappa shape index (κ3) is 4.07. The van der Waals surface area contributed by atoms with Crippen LogP contribution in [0.25, 0.3) is 0 Å². The van der Waals surface area contributed by atoms with Crippen molar-refractivity contribution in [1.29, 1.82) is 0 Å². The van der Waals surface area contributed by atoms with Gasteiger partial charge < -0.3 is 25.0 Å². The van der Waals surface area contributed by atoms with E-state index in [0.29, 0.717) is 43.5 Å². The molecule has 3 rings (SSSR count). The zero-order valence-electron chi connectivity index (χ0n) is 16.2. The van der Waals surface area contributed by atoms with E-state index < -0.39 is 0 Å². The molecule has 7 heteroatoms. The molecule has 2 aromatic rings. The molecule has 2 amide bonds. The summed E-state index contributed by atoms with van der Waals surface area (Å²) in [5.74, 6) is 0.710. The van der Waals surface area contributed by atoms with E-state index in [9.17, 15) is 9.90 Å². The molecule has 0 aliphatic carbocycles. The summed E-state index contributed by atoms with van der Waals surface area (Å²) >= 11 is 0. The Hall–Kier alpha value is -2.96. The van der Waals surface area contributed by atoms with Crippen LogP contribution in [0.5, 0.6) is 11.6 Å². The van der Waals surface area contributed by atoms with Crippen molar-refractivity contribution < 1.29 is 14.6 Å². The number of aromatic nitrogens is 1. The molecule has 1 aliphatic rings. The van der Waals surface area contributed by atoms with E-state index in [4.69, 9.17) is 4.74 Å². The van der Waals surface area contributed by atoms with Gasteiger partial charge in [-0.1, -0.05) is 6.07 Å². The van der Waals surface area contributed by atoms with Crippen molar-refractivity contribution in [3.8, 4) is 11.6 Å². The van der Waals surface area contributed by atoms with Gasteiger partial charge in [-0.15, -0.1) is 0 Å². The Morgan fingerprint density at radius 1 is 1.11 bits per heavy atom. The average Bonchev–Trinajstić information content (AvgIpc) is 2.66. The third-order valence-electron chi connectivity index (χ3n) is 4.99. The maximum Gasteiger partial charge on any atom is 0.322 e. The molecular formula is C20H26N4O3. The number of carbonyl (C=O) groups excluding carboxylic acids is 1. The van der Waals surface area contributed by atoms with Crippen LogP contribution in [0.4, 0.5) is 16.2 Å².